The van der Waals surface area contributed by atoms with E-state index in [0.29, 0.717) is 32.7 Å². The fourth-order valence-electron chi connectivity index (χ4n) is 9.87. The van der Waals surface area contributed by atoms with Gasteiger partial charge in [-0.25, -0.2) is 0 Å². The van der Waals surface area contributed by atoms with Gasteiger partial charge in [0.15, 0.2) is 0 Å². The zero-order valence-corrected chi connectivity index (χ0v) is 44.6. The second-order valence-corrected chi connectivity index (χ2v) is 20.5. The van der Waals surface area contributed by atoms with Crippen molar-refractivity contribution in [3.05, 3.63) is 0 Å². The van der Waals surface area contributed by atoms with E-state index in [-0.39, 0.29) is 17.9 Å². The first-order valence-electron chi connectivity index (χ1n) is 29.2. The Labute approximate surface area is 401 Å². The molecule has 1 aliphatic rings. The number of nitrogens with zero attached hydrogens (tertiary/aromatic N) is 5. The molecule has 7 nitrogen and oxygen atoms in total. The molecule has 7 heteroatoms. The van der Waals surface area contributed by atoms with E-state index in [0.717, 1.165) is 32.7 Å². The van der Waals surface area contributed by atoms with Crippen molar-refractivity contribution in [2.45, 2.75) is 279 Å². The molecule has 0 aromatic rings. The number of unbranched alkanes of at least 4 members (excludes halogenated alkanes) is 31. The molecule has 0 saturated carbocycles. The maximum Gasteiger partial charge on any atom is 0.239 e. The average Bonchev–Trinajstić information content (AvgIpc) is 3.31. The first-order valence-corrected chi connectivity index (χ1v) is 29.2. The Morgan fingerprint density at radius 2 is 0.609 bits per heavy atom. The maximum atomic E-state index is 14.1. The van der Waals surface area contributed by atoms with Gasteiger partial charge in [-0.3, -0.25) is 19.4 Å². The molecule has 0 bridgehead atoms. The molecule has 1 aliphatic heterocycles. The van der Waals surface area contributed by atoms with E-state index in [1.54, 1.807) is 0 Å². The number of carbonyl (C=O) groups excluding carboxylic acids is 2. The molecule has 0 radical (unpaired) electrons. The van der Waals surface area contributed by atoms with Crippen LogP contribution < -0.4 is 0 Å². The summed E-state index contributed by atoms with van der Waals surface area (Å²) in [5, 5.41) is 0. The molecule has 1 rings (SSSR count). The summed E-state index contributed by atoms with van der Waals surface area (Å²) in [5.74, 6) is 0.543. The van der Waals surface area contributed by atoms with Crippen molar-refractivity contribution in [2.75, 3.05) is 78.5 Å². The molecular formula is C57H115N5O2. The minimum atomic E-state index is -0.0885. The quantitative estimate of drug-likeness (QED) is 0.0570. The van der Waals surface area contributed by atoms with Crippen molar-refractivity contribution in [1.29, 1.82) is 0 Å². The molecule has 1 heterocycles. The summed E-state index contributed by atoms with van der Waals surface area (Å²) in [5.41, 5.74) is 0. The predicted molar refractivity (Wildman–Crippen MR) is 282 cm³/mol. The van der Waals surface area contributed by atoms with E-state index >= 15 is 0 Å². The lowest BCUT2D eigenvalue weighted by Gasteiger charge is -2.39. The number of amides is 2. The molecule has 0 aromatic carbocycles. The fourth-order valence-corrected chi connectivity index (χ4v) is 9.87. The van der Waals surface area contributed by atoms with Crippen LogP contribution in [0.4, 0.5) is 0 Å². The Hall–Kier alpha value is -1.18. The van der Waals surface area contributed by atoms with Crippen LogP contribution >= 0.6 is 0 Å². The summed E-state index contributed by atoms with van der Waals surface area (Å²) in [6, 6.07) is -0.0885. The van der Waals surface area contributed by atoms with Gasteiger partial charge in [0, 0.05) is 39.3 Å². The minimum Gasteiger partial charge on any atom is -0.338 e. The standard InChI is InChI=1S/C57H115N5O2/c1-7-12-17-22-27-32-37-42-47-60(46-41-36-31-26-21-16-11-5)55(6)57(64)62-52-50-61(51-53-62)56(63)54-59(45-40-35-30-25-20-15-10-4)49-48-58(43-38-33-28-23-18-13-8-2)44-39-34-29-24-19-14-9-3/h55H,7-54H2,1-6H3. The predicted octanol–water partition coefficient (Wildman–Crippen LogP) is 15.1. The van der Waals surface area contributed by atoms with Gasteiger partial charge in [-0.1, -0.05) is 234 Å². The lowest BCUT2D eigenvalue weighted by Crippen LogP contribution is -2.56. The van der Waals surface area contributed by atoms with Crippen LogP contribution in [0.1, 0.15) is 273 Å². The summed E-state index contributed by atoms with van der Waals surface area (Å²) in [7, 11) is 0. The third-order valence-corrected chi connectivity index (χ3v) is 14.5. The van der Waals surface area contributed by atoms with Gasteiger partial charge in [-0.2, -0.15) is 0 Å². The Bertz CT molecular complexity index is 984. The first kappa shape index (κ1) is 60.8. The normalized spacial score (nSPS) is 13.9. The van der Waals surface area contributed by atoms with E-state index in [1.807, 2.05) is 0 Å². The highest BCUT2D eigenvalue weighted by atomic mass is 16.2. The van der Waals surface area contributed by atoms with Crippen LogP contribution in [-0.4, -0.2) is 121 Å². The van der Waals surface area contributed by atoms with Crippen LogP contribution in [0.5, 0.6) is 0 Å². The Morgan fingerprint density at radius 3 is 0.953 bits per heavy atom. The minimum absolute atomic E-state index is 0.0885. The molecule has 0 aliphatic carbocycles. The van der Waals surface area contributed by atoms with Crippen molar-refractivity contribution in [1.82, 2.24) is 24.5 Å². The second kappa shape index (κ2) is 45.6. The van der Waals surface area contributed by atoms with Gasteiger partial charge < -0.3 is 14.7 Å². The molecule has 1 atom stereocenters. The van der Waals surface area contributed by atoms with Crippen LogP contribution in [0, 0.1) is 0 Å². The van der Waals surface area contributed by atoms with Gasteiger partial charge >= 0.3 is 0 Å². The van der Waals surface area contributed by atoms with Crippen LogP contribution in [0.25, 0.3) is 0 Å². The van der Waals surface area contributed by atoms with E-state index < -0.39 is 0 Å². The average molecular weight is 903 g/mol. The Morgan fingerprint density at radius 1 is 0.344 bits per heavy atom. The molecule has 1 saturated heterocycles. The monoisotopic (exact) mass is 902 g/mol. The van der Waals surface area contributed by atoms with E-state index in [1.165, 1.54) is 244 Å². The summed E-state index contributed by atoms with van der Waals surface area (Å²) in [6.45, 7) is 24.4. The lowest BCUT2D eigenvalue weighted by atomic mass is 10.1. The Kier molecular flexibility index (Phi) is 43.3. The molecule has 380 valence electrons. The zero-order chi connectivity index (χ0) is 46.6. The second-order valence-electron chi connectivity index (χ2n) is 20.5. The highest BCUT2D eigenvalue weighted by Crippen LogP contribution is 2.17. The number of hydrogen-bond donors (Lipinski definition) is 0. The third kappa shape index (κ3) is 34.2. The van der Waals surface area contributed by atoms with Crippen molar-refractivity contribution >= 4 is 11.8 Å². The molecule has 1 unspecified atom stereocenters. The lowest BCUT2D eigenvalue weighted by molar-refractivity contribution is -0.143. The topological polar surface area (TPSA) is 50.3 Å². The van der Waals surface area contributed by atoms with Gasteiger partial charge in [0.05, 0.1) is 12.6 Å². The summed E-state index contributed by atoms with van der Waals surface area (Å²) >= 11 is 0. The van der Waals surface area contributed by atoms with Crippen LogP contribution in [0.15, 0.2) is 0 Å². The number of carbonyl (C=O) groups is 2. The highest BCUT2D eigenvalue weighted by Gasteiger charge is 2.30. The number of rotatable bonds is 48. The number of hydrogen-bond acceptors (Lipinski definition) is 5. The fraction of sp³-hybridized carbons (Fsp3) is 0.965. The molecule has 0 spiro atoms. The van der Waals surface area contributed by atoms with Crippen molar-refractivity contribution in [2.24, 2.45) is 0 Å². The van der Waals surface area contributed by atoms with Gasteiger partial charge in [-0.15, -0.1) is 0 Å². The van der Waals surface area contributed by atoms with Gasteiger partial charge in [-0.05, 0) is 71.8 Å². The molecule has 1 fully saturated rings. The van der Waals surface area contributed by atoms with Crippen molar-refractivity contribution in [3.8, 4) is 0 Å². The molecule has 2 amide bonds. The molecule has 0 aromatic heterocycles. The highest BCUT2D eigenvalue weighted by molar-refractivity contribution is 5.82. The van der Waals surface area contributed by atoms with Crippen LogP contribution in [-0.2, 0) is 9.59 Å². The number of piperazine rings is 1. The summed E-state index contributed by atoms with van der Waals surface area (Å²) < 4.78 is 0. The van der Waals surface area contributed by atoms with Gasteiger partial charge in [0.1, 0.15) is 0 Å². The maximum absolute atomic E-state index is 14.1. The van der Waals surface area contributed by atoms with E-state index in [2.05, 4.69) is 66.0 Å². The largest absolute Gasteiger partial charge is 0.338 e. The van der Waals surface area contributed by atoms with Gasteiger partial charge in [0.2, 0.25) is 11.8 Å². The first-order chi connectivity index (χ1) is 31.4. The van der Waals surface area contributed by atoms with Crippen LogP contribution in [0.2, 0.25) is 0 Å². The smallest absolute Gasteiger partial charge is 0.239 e. The van der Waals surface area contributed by atoms with E-state index in [4.69, 9.17) is 0 Å². The van der Waals surface area contributed by atoms with Crippen molar-refractivity contribution < 1.29 is 9.59 Å². The third-order valence-electron chi connectivity index (χ3n) is 14.5. The molecule has 64 heavy (non-hydrogen) atoms. The Balaban J connectivity index is 2.83. The zero-order valence-electron chi connectivity index (χ0n) is 44.6. The SMILES string of the molecule is CCCCCCCCCCN(CCCCCCCCC)C(C)C(=O)N1CCN(C(=O)CN(CCCCCCCCC)CCN(CCCCCCCCC)CCCCCCCCC)CC1. The van der Waals surface area contributed by atoms with E-state index in [9.17, 15) is 9.59 Å². The summed E-state index contributed by atoms with van der Waals surface area (Å²) in [6.07, 6.45) is 47.8. The van der Waals surface area contributed by atoms with Crippen LogP contribution in [0.3, 0.4) is 0 Å². The summed E-state index contributed by atoms with van der Waals surface area (Å²) in [4.78, 5) is 40.1. The molecule has 0 N–H and O–H groups in total. The van der Waals surface area contributed by atoms with Gasteiger partial charge in [0.25, 0.3) is 0 Å². The van der Waals surface area contributed by atoms with Crippen molar-refractivity contribution in [3.63, 3.8) is 0 Å². The molecular weight excluding hydrogens is 787 g/mol.